The Kier molecular flexibility index (Phi) is 16.4. The number of hydrogen-bond acceptors (Lipinski definition) is 2. The normalized spacial score (nSPS) is 8.86. The van der Waals surface area contributed by atoms with Gasteiger partial charge < -0.3 is 9.90 Å². The van der Waals surface area contributed by atoms with Gasteiger partial charge in [-0.25, -0.2) is 0 Å². The van der Waals surface area contributed by atoms with Crippen LogP contribution in [0.25, 0.3) is 0 Å². The summed E-state index contributed by atoms with van der Waals surface area (Å²) in [6, 6.07) is 0. The predicted molar refractivity (Wildman–Crippen MR) is 61.7 cm³/mol. The van der Waals surface area contributed by atoms with E-state index in [1.165, 1.54) is 34.6 Å². The molecule has 0 heterocycles. The molecule has 0 aliphatic carbocycles. The van der Waals surface area contributed by atoms with Gasteiger partial charge in [0.1, 0.15) is 0 Å². The zero-order valence-corrected chi connectivity index (χ0v) is 13.0. The van der Waals surface area contributed by atoms with E-state index in [1.54, 1.807) is 0 Å². The molecule has 0 radical (unpaired) electrons. The van der Waals surface area contributed by atoms with Crippen LogP contribution < -0.4 is 5.11 Å². The summed E-state index contributed by atoms with van der Waals surface area (Å²) in [5, 5.41) is 8.89. The molecule has 0 unspecified atom stereocenters. The second-order valence-electron chi connectivity index (χ2n) is 3.22. The molecule has 0 fully saturated rings. The minimum absolute atomic E-state index is 0.972. The van der Waals surface area contributed by atoms with Crippen molar-refractivity contribution in [2.45, 2.75) is 55.3 Å². The fraction of sp³-hybridized carbons (Fsp3) is 0.900. The quantitative estimate of drug-likeness (QED) is 0.704. The van der Waals surface area contributed by atoms with Crippen molar-refractivity contribution in [1.29, 1.82) is 0 Å². The van der Waals surface area contributed by atoms with E-state index in [0.29, 0.717) is 0 Å². The molecule has 2 nitrogen and oxygen atoms in total. The van der Waals surface area contributed by atoms with Crippen molar-refractivity contribution in [3.63, 3.8) is 0 Å². The second kappa shape index (κ2) is 13.6. The molecule has 4 heteroatoms. The van der Waals surface area contributed by atoms with Crippen LogP contribution in [-0.2, 0) is 4.79 Å². The first-order chi connectivity index (χ1) is 6.54. The number of carbonyl (C=O) groups excluding carboxylic acids is 1. The van der Waals surface area contributed by atoms with Crippen LogP contribution in [0.15, 0.2) is 0 Å². The third-order valence-corrected chi connectivity index (χ3v) is 9.25. The van der Waals surface area contributed by atoms with Gasteiger partial charge >= 0.3 is 76.0 Å². The second-order valence-corrected chi connectivity index (χ2v) is 12.6. The van der Waals surface area contributed by atoms with Crippen LogP contribution in [-0.4, -0.2) is 24.6 Å². The van der Waals surface area contributed by atoms with E-state index in [2.05, 4.69) is 13.8 Å². The summed E-state index contributed by atoms with van der Waals surface area (Å²) in [5.41, 5.74) is 0. The summed E-state index contributed by atoms with van der Waals surface area (Å²) in [6.45, 7) is 5.46. The summed E-state index contributed by atoms with van der Waals surface area (Å²) < 4.78 is 2.81. The van der Waals surface area contributed by atoms with Crippen molar-refractivity contribution in [2.24, 2.45) is 0 Å². The minimum atomic E-state index is -1.27. The molecule has 0 saturated heterocycles. The number of unbranched alkanes of at least 4 members (excludes halogenated alkanes) is 2. The zero-order chi connectivity index (χ0) is 11.4. The molecule has 0 saturated carbocycles. The van der Waals surface area contributed by atoms with Gasteiger partial charge in [0.25, 0.3) is 0 Å². The van der Waals surface area contributed by atoms with E-state index in [-0.39, 0.29) is 0 Å². The molecule has 0 aromatic carbocycles. The Labute approximate surface area is 98.5 Å². The van der Waals surface area contributed by atoms with Crippen LogP contribution >= 0.6 is 8.92 Å². The molecule has 0 atom stereocenters. The molecule has 0 amide bonds. The Morgan fingerprint density at radius 2 is 1.50 bits per heavy atom. The van der Waals surface area contributed by atoms with E-state index in [1.807, 2.05) is 0 Å². The van der Waals surface area contributed by atoms with Crippen molar-refractivity contribution in [3.8, 4) is 0 Å². The summed E-state index contributed by atoms with van der Waals surface area (Å²) in [6.07, 6.45) is 5.40. The molecule has 84 valence electrons. The predicted octanol–water partition coefficient (Wildman–Crippen LogP) is 2.57. The number of hydrogen-bond donors (Lipinski definition) is 0. The van der Waals surface area contributed by atoms with E-state index in [0.717, 1.165) is 6.92 Å². The fourth-order valence-corrected chi connectivity index (χ4v) is 7.58. The van der Waals surface area contributed by atoms with E-state index in [4.69, 9.17) is 18.8 Å². The number of halogens is 1. The molecular weight excluding hydrogens is 306 g/mol. The Morgan fingerprint density at radius 1 is 1.21 bits per heavy atom. The van der Waals surface area contributed by atoms with Gasteiger partial charge in [-0.15, -0.1) is 0 Å². The molecule has 0 aromatic rings. The number of aliphatic carboxylic acids is 1. The standard InChI is InChI=1S/2C4H9.C2H4O2.ClH.Sn/c2*1-3-4-2;1-2(3)4;;/h2*1,3-4H2,2H3;1H3,(H,3,4);1H;/q;;;;+2/p-2. The van der Waals surface area contributed by atoms with Crippen molar-refractivity contribution in [3.05, 3.63) is 0 Å². The van der Waals surface area contributed by atoms with Gasteiger partial charge in [0, 0.05) is 5.97 Å². The van der Waals surface area contributed by atoms with Crippen molar-refractivity contribution < 1.29 is 9.90 Å². The number of carboxylic acids is 1. The Bertz CT molecular complexity index is 119. The fourth-order valence-electron chi connectivity index (χ4n) is 0.862. The summed E-state index contributed by atoms with van der Waals surface area (Å²) in [5.74, 6) is -1.08. The molecule has 0 rings (SSSR count). The maximum atomic E-state index is 8.89. The summed E-state index contributed by atoms with van der Waals surface area (Å²) >= 11 is -1.27. The molecule has 0 bridgehead atoms. The first-order valence-electron chi connectivity index (χ1n) is 5.22. The average Bonchev–Trinajstić information content (AvgIpc) is 2.10. The Morgan fingerprint density at radius 3 is 1.71 bits per heavy atom. The molecule has 0 aromatic heterocycles. The van der Waals surface area contributed by atoms with Crippen molar-refractivity contribution >= 4 is 33.5 Å². The van der Waals surface area contributed by atoms with Crippen molar-refractivity contribution in [1.82, 2.24) is 0 Å². The monoisotopic (exact) mass is 328 g/mol. The SMILES string of the molecule is CC(=O)[O-].CCC[CH2][Sn+]([Cl])[CH2]CCC. The topological polar surface area (TPSA) is 40.1 Å². The van der Waals surface area contributed by atoms with Gasteiger partial charge in [-0.3, -0.25) is 0 Å². The third-order valence-electron chi connectivity index (χ3n) is 1.60. The average molecular weight is 327 g/mol. The van der Waals surface area contributed by atoms with Crippen LogP contribution in [0, 0.1) is 0 Å². The van der Waals surface area contributed by atoms with Crippen molar-refractivity contribution in [2.75, 3.05) is 0 Å². The number of rotatable bonds is 6. The Balaban J connectivity index is 0. The third kappa shape index (κ3) is 22.9. The first-order valence-corrected chi connectivity index (χ1v) is 12.9. The van der Waals surface area contributed by atoms with Gasteiger partial charge in [0.05, 0.1) is 0 Å². The van der Waals surface area contributed by atoms with E-state index in [9.17, 15) is 0 Å². The van der Waals surface area contributed by atoms with E-state index < -0.39 is 24.6 Å². The van der Waals surface area contributed by atoms with Gasteiger partial charge in [-0.05, 0) is 6.92 Å². The van der Waals surface area contributed by atoms with Crippen LogP contribution in [0.3, 0.4) is 0 Å². The summed E-state index contributed by atoms with van der Waals surface area (Å²) in [4.78, 5) is 8.89. The van der Waals surface area contributed by atoms with Crippen LogP contribution in [0.1, 0.15) is 46.5 Å². The summed E-state index contributed by atoms with van der Waals surface area (Å²) in [7, 11) is 6.24. The molecule has 0 aliphatic heterocycles. The van der Waals surface area contributed by atoms with Crippen LogP contribution in [0.2, 0.25) is 8.87 Å². The molecule has 0 aliphatic rings. The zero-order valence-electron chi connectivity index (χ0n) is 9.44. The van der Waals surface area contributed by atoms with E-state index >= 15 is 0 Å². The maximum absolute atomic E-state index is 8.89. The van der Waals surface area contributed by atoms with Gasteiger partial charge in [0.2, 0.25) is 0 Å². The number of carboxylic acid groups (broad SMARTS) is 1. The van der Waals surface area contributed by atoms with Gasteiger partial charge in [-0.2, -0.15) is 0 Å². The molecular formula is C10H21ClO2Sn. The van der Waals surface area contributed by atoms with Gasteiger partial charge in [-0.1, -0.05) is 0 Å². The van der Waals surface area contributed by atoms with Crippen LogP contribution in [0.4, 0.5) is 0 Å². The van der Waals surface area contributed by atoms with Gasteiger partial charge in [0.15, 0.2) is 0 Å². The molecule has 14 heavy (non-hydrogen) atoms. The molecule has 0 spiro atoms. The molecule has 0 N–H and O–H groups in total. The Hall–Kier alpha value is 0.559. The first kappa shape index (κ1) is 17.0. The van der Waals surface area contributed by atoms with Crippen LogP contribution in [0.5, 0.6) is 0 Å². The number of carbonyl (C=O) groups is 1.